The molecule has 3 rings (SSSR count). The Morgan fingerprint density at radius 3 is 2.83 bits per heavy atom. The van der Waals surface area contributed by atoms with Gasteiger partial charge in [0.1, 0.15) is 17.8 Å². The molecule has 0 radical (unpaired) electrons. The molecule has 1 amide bonds. The number of rotatable bonds is 6. The van der Waals surface area contributed by atoms with Crippen LogP contribution in [0.5, 0.6) is 0 Å². The molecular formula is C17H21N5O2. The summed E-state index contributed by atoms with van der Waals surface area (Å²) in [5, 5.41) is 12.0. The number of hydrogen-bond acceptors (Lipinski definition) is 5. The van der Waals surface area contributed by atoms with Gasteiger partial charge in [-0.2, -0.15) is 5.10 Å². The molecule has 7 heteroatoms. The van der Waals surface area contributed by atoms with E-state index >= 15 is 0 Å². The zero-order valence-corrected chi connectivity index (χ0v) is 14.1. The van der Waals surface area contributed by atoms with E-state index in [4.69, 9.17) is 4.52 Å². The molecule has 2 heterocycles. The summed E-state index contributed by atoms with van der Waals surface area (Å²) in [6, 6.07) is 7.35. The number of benzene rings is 1. The van der Waals surface area contributed by atoms with Gasteiger partial charge in [-0.25, -0.2) is 4.98 Å². The van der Waals surface area contributed by atoms with Gasteiger partial charge in [-0.05, 0) is 24.5 Å². The number of fused-ring (bicyclic) bond motifs is 1. The maximum atomic E-state index is 12.5. The average Bonchev–Trinajstić information content (AvgIpc) is 3.13. The maximum absolute atomic E-state index is 12.5. The molecule has 1 N–H and O–H groups in total. The van der Waals surface area contributed by atoms with Crippen LogP contribution in [0, 0.1) is 5.92 Å². The molecular weight excluding hydrogens is 306 g/mol. The highest BCUT2D eigenvalue weighted by molar-refractivity contribution is 5.86. The van der Waals surface area contributed by atoms with Crippen LogP contribution in [0.15, 0.2) is 35.1 Å². The van der Waals surface area contributed by atoms with E-state index in [0.717, 1.165) is 17.6 Å². The quantitative estimate of drug-likeness (QED) is 0.751. The Morgan fingerprint density at radius 2 is 2.12 bits per heavy atom. The van der Waals surface area contributed by atoms with Crippen LogP contribution in [0.25, 0.3) is 11.0 Å². The van der Waals surface area contributed by atoms with E-state index in [1.54, 1.807) is 4.68 Å². The van der Waals surface area contributed by atoms with Crippen LogP contribution in [0.1, 0.15) is 37.8 Å². The fourth-order valence-electron chi connectivity index (χ4n) is 2.78. The fourth-order valence-corrected chi connectivity index (χ4v) is 2.78. The Balaban J connectivity index is 1.75. The number of carbonyl (C=O) groups is 1. The summed E-state index contributed by atoms with van der Waals surface area (Å²) in [5.74, 6) is 1.06. The van der Waals surface area contributed by atoms with Crippen LogP contribution in [-0.2, 0) is 18.3 Å². The molecule has 1 aromatic carbocycles. The van der Waals surface area contributed by atoms with Crippen molar-refractivity contribution >= 4 is 16.9 Å². The van der Waals surface area contributed by atoms with Gasteiger partial charge in [0.15, 0.2) is 5.58 Å². The van der Waals surface area contributed by atoms with Gasteiger partial charge in [0.2, 0.25) is 5.91 Å². The van der Waals surface area contributed by atoms with Gasteiger partial charge >= 0.3 is 0 Å². The molecule has 0 aliphatic carbocycles. The second kappa shape index (κ2) is 6.82. The van der Waals surface area contributed by atoms with Crippen LogP contribution in [0.4, 0.5) is 0 Å². The van der Waals surface area contributed by atoms with Crippen LogP contribution in [-0.4, -0.2) is 25.8 Å². The number of aromatic nitrogens is 4. The predicted molar refractivity (Wildman–Crippen MR) is 89.1 cm³/mol. The van der Waals surface area contributed by atoms with Crippen molar-refractivity contribution in [1.82, 2.24) is 25.2 Å². The number of carbonyl (C=O) groups excluding carboxylic acids is 1. The monoisotopic (exact) mass is 327 g/mol. The molecule has 0 unspecified atom stereocenters. The summed E-state index contributed by atoms with van der Waals surface area (Å²) >= 11 is 0. The van der Waals surface area contributed by atoms with Crippen LogP contribution < -0.4 is 5.32 Å². The lowest BCUT2D eigenvalue weighted by Crippen LogP contribution is -2.32. The molecule has 1 atom stereocenters. The fraction of sp³-hybridized carbons (Fsp3) is 0.412. The summed E-state index contributed by atoms with van der Waals surface area (Å²) < 4.78 is 6.95. The SMILES string of the molecule is CC(C)C[C@H](NC(=O)Cc1noc2ccccc12)c1ncnn1C. The van der Waals surface area contributed by atoms with Crippen molar-refractivity contribution in [3.8, 4) is 0 Å². The molecule has 126 valence electrons. The normalized spacial score (nSPS) is 12.7. The lowest BCUT2D eigenvalue weighted by Gasteiger charge is -2.19. The molecule has 0 bridgehead atoms. The van der Waals surface area contributed by atoms with Crippen molar-refractivity contribution in [1.29, 1.82) is 0 Å². The van der Waals surface area contributed by atoms with Crippen molar-refractivity contribution in [2.75, 3.05) is 0 Å². The highest BCUT2D eigenvalue weighted by atomic mass is 16.5. The van der Waals surface area contributed by atoms with E-state index in [2.05, 4.69) is 34.4 Å². The predicted octanol–water partition coefficient (Wildman–Crippen LogP) is 2.40. The number of para-hydroxylation sites is 1. The first-order chi connectivity index (χ1) is 11.5. The molecule has 0 spiro atoms. The van der Waals surface area contributed by atoms with Gasteiger partial charge < -0.3 is 9.84 Å². The Kier molecular flexibility index (Phi) is 4.59. The van der Waals surface area contributed by atoms with E-state index in [1.165, 1.54) is 6.33 Å². The Morgan fingerprint density at radius 1 is 1.33 bits per heavy atom. The van der Waals surface area contributed by atoms with Crippen molar-refractivity contribution in [3.05, 3.63) is 42.1 Å². The van der Waals surface area contributed by atoms with Gasteiger partial charge in [0.25, 0.3) is 0 Å². The molecule has 2 aromatic heterocycles. The van der Waals surface area contributed by atoms with Gasteiger partial charge in [0, 0.05) is 12.4 Å². The zero-order valence-electron chi connectivity index (χ0n) is 14.1. The maximum Gasteiger partial charge on any atom is 0.226 e. The van der Waals surface area contributed by atoms with E-state index in [0.29, 0.717) is 17.2 Å². The Labute approximate surface area is 140 Å². The second-order valence-electron chi connectivity index (χ2n) is 6.29. The first-order valence-corrected chi connectivity index (χ1v) is 8.01. The molecule has 0 saturated carbocycles. The van der Waals surface area contributed by atoms with Gasteiger partial charge in [0.05, 0.1) is 12.5 Å². The van der Waals surface area contributed by atoms with Crippen molar-refractivity contribution in [3.63, 3.8) is 0 Å². The first-order valence-electron chi connectivity index (χ1n) is 8.01. The highest BCUT2D eigenvalue weighted by Crippen LogP contribution is 2.21. The zero-order chi connectivity index (χ0) is 17.1. The second-order valence-corrected chi connectivity index (χ2v) is 6.29. The molecule has 0 aliphatic heterocycles. The summed E-state index contributed by atoms with van der Waals surface area (Å²) in [7, 11) is 1.83. The summed E-state index contributed by atoms with van der Waals surface area (Å²) in [5.41, 5.74) is 1.33. The van der Waals surface area contributed by atoms with Gasteiger partial charge in [-0.15, -0.1) is 0 Å². The minimum Gasteiger partial charge on any atom is -0.356 e. The van der Waals surface area contributed by atoms with Crippen LogP contribution in [0.2, 0.25) is 0 Å². The number of amides is 1. The van der Waals surface area contributed by atoms with Crippen LogP contribution in [0.3, 0.4) is 0 Å². The lowest BCUT2D eigenvalue weighted by atomic mass is 10.0. The van der Waals surface area contributed by atoms with E-state index in [1.807, 2.05) is 31.3 Å². The number of nitrogens with zero attached hydrogens (tertiary/aromatic N) is 4. The van der Waals surface area contributed by atoms with Gasteiger partial charge in [-0.3, -0.25) is 9.48 Å². The third-order valence-corrected chi connectivity index (χ3v) is 3.88. The molecule has 7 nitrogen and oxygen atoms in total. The Bertz CT molecular complexity index is 836. The van der Waals surface area contributed by atoms with Crippen molar-refractivity contribution in [2.24, 2.45) is 13.0 Å². The molecule has 3 aromatic rings. The average molecular weight is 327 g/mol. The molecule has 24 heavy (non-hydrogen) atoms. The smallest absolute Gasteiger partial charge is 0.226 e. The van der Waals surface area contributed by atoms with Crippen LogP contribution >= 0.6 is 0 Å². The van der Waals surface area contributed by atoms with Gasteiger partial charge in [-0.1, -0.05) is 31.1 Å². The third-order valence-electron chi connectivity index (χ3n) is 3.88. The van der Waals surface area contributed by atoms with Crippen molar-refractivity contribution < 1.29 is 9.32 Å². The first kappa shape index (κ1) is 16.2. The number of aryl methyl sites for hydroxylation is 1. The lowest BCUT2D eigenvalue weighted by molar-refractivity contribution is -0.121. The summed E-state index contributed by atoms with van der Waals surface area (Å²) in [4.78, 5) is 16.8. The number of nitrogens with one attached hydrogen (secondary N) is 1. The minimum absolute atomic E-state index is 0.109. The summed E-state index contributed by atoms with van der Waals surface area (Å²) in [6.45, 7) is 4.22. The highest BCUT2D eigenvalue weighted by Gasteiger charge is 2.21. The molecule has 0 fully saturated rings. The molecule has 0 aliphatic rings. The molecule has 0 saturated heterocycles. The van der Waals surface area contributed by atoms with Crippen molar-refractivity contribution in [2.45, 2.75) is 32.7 Å². The topological polar surface area (TPSA) is 85.8 Å². The number of hydrogen-bond donors (Lipinski definition) is 1. The standard InChI is InChI=1S/C17H21N5O2/c1-11(2)8-14(17-18-10-19-22(17)3)20-16(23)9-13-12-6-4-5-7-15(12)24-21-13/h4-7,10-11,14H,8-9H2,1-3H3,(H,20,23)/t14-/m0/s1. The largest absolute Gasteiger partial charge is 0.356 e. The van der Waals surface area contributed by atoms with E-state index in [9.17, 15) is 4.79 Å². The van der Waals surface area contributed by atoms with E-state index < -0.39 is 0 Å². The summed E-state index contributed by atoms with van der Waals surface area (Å²) in [6.07, 6.45) is 2.46. The van der Waals surface area contributed by atoms with E-state index in [-0.39, 0.29) is 18.4 Å². The minimum atomic E-state index is -0.178. The Hall–Kier alpha value is -2.70. The third kappa shape index (κ3) is 3.45.